The summed E-state index contributed by atoms with van der Waals surface area (Å²) in [6.07, 6.45) is 4.76. The Morgan fingerprint density at radius 1 is 1.20 bits per heavy atom. The molecule has 2 unspecified atom stereocenters. The van der Waals surface area contributed by atoms with Gasteiger partial charge in [-0.25, -0.2) is 0 Å². The van der Waals surface area contributed by atoms with Crippen LogP contribution >= 0.6 is 0 Å². The van der Waals surface area contributed by atoms with Gasteiger partial charge >= 0.3 is 0 Å². The lowest BCUT2D eigenvalue weighted by Crippen LogP contribution is -2.33. The standard InChI is InChI=1S/C16H26N2O2/c1-3-5-6-12(4-2)16(18-17)13-7-8-14-15(11-13)20-10-9-19-14/h7-8,11-12,16,18H,3-6,9-10,17H2,1-2H3. The molecule has 2 atom stereocenters. The van der Waals surface area contributed by atoms with E-state index in [4.69, 9.17) is 15.3 Å². The van der Waals surface area contributed by atoms with Gasteiger partial charge in [0, 0.05) is 6.04 Å². The molecule has 0 spiro atoms. The van der Waals surface area contributed by atoms with Crippen molar-refractivity contribution in [3.05, 3.63) is 23.8 Å². The van der Waals surface area contributed by atoms with Gasteiger partial charge in [0.05, 0.1) is 0 Å². The molecule has 2 rings (SSSR count). The van der Waals surface area contributed by atoms with Crippen LogP contribution in [0.2, 0.25) is 0 Å². The molecule has 4 nitrogen and oxygen atoms in total. The fourth-order valence-corrected chi connectivity index (χ4v) is 2.83. The summed E-state index contributed by atoms with van der Waals surface area (Å²) in [6, 6.07) is 6.31. The van der Waals surface area contributed by atoms with Crippen molar-refractivity contribution in [3.8, 4) is 11.5 Å². The zero-order valence-corrected chi connectivity index (χ0v) is 12.5. The van der Waals surface area contributed by atoms with Crippen molar-refractivity contribution >= 4 is 0 Å². The van der Waals surface area contributed by atoms with Gasteiger partial charge in [-0.15, -0.1) is 0 Å². The fraction of sp³-hybridized carbons (Fsp3) is 0.625. The number of hydrazine groups is 1. The molecule has 1 heterocycles. The Labute approximate surface area is 121 Å². The molecule has 0 aliphatic carbocycles. The molecular formula is C16H26N2O2. The van der Waals surface area contributed by atoms with Gasteiger partial charge in [0.15, 0.2) is 11.5 Å². The molecule has 0 aromatic heterocycles. The monoisotopic (exact) mass is 278 g/mol. The highest BCUT2D eigenvalue weighted by Gasteiger charge is 2.22. The average Bonchev–Trinajstić information content (AvgIpc) is 2.51. The molecule has 1 aromatic rings. The van der Waals surface area contributed by atoms with Crippen molar-refractivity contribution in [2.24, 2.45) is 11.8 Å². The molecule has 1 aliphatic heterocycles. The summed E-state index contributed by atoms with van der Waals surface area (Å²) in [5.41, 5.74) is 4.17. The van der Waals surface area contributed by atoms with Crippen LogP contribution in [0.1, 0.15) is 51.1 Å². The maximum absolute atomic E-state index is 5.81. The summed E-state index contributed by atoms with van der Waals surface area (Å²) >= 11 is 0. The van der Waals surface area contributed by atoms with Gasteiger partial charge in [0.25, 0.3) is 0 Å². The van der Waals surface area contributed by atoms with Crippen LogP contribution in [-0.2, 0) is 0 Å². The predicted molar refractivity (Wildman–Crippen MR) is 80.8 cm³/mol. The Morgan fingerprint density at radius 2 is 1.95 bits per heavy atom. The summed E-state index contributed by atoms with van der Waals surface area (Å²) in [5, 5.41) is 0. The second-order valence-corrected chi connectivity index (χ2v) is 5.36. The molecule has 20 heavy (non-hydrogen) atoms. The van der Waals surface area contributed by atoms with E-state index in [1.54, 1.807) is 0 Å². The highest BCUT2D eigenvalue weighted by molar-refractivity contribution is 5.44. The quantitative estimate of drug-likeness (QED) is 0.594. The Morgan fingerprint density at radius 3 is 2.60 bits per heavy atom. The first-order valence-electron chi connectivity index (χ1n) is 7.65. The molecule has 0 bridgehead atoms. The topological polar surface area (TPSA) is 56.5 Å². The normalized spacial score (nSPS) is 16.8. The maximum atomic E-state index is 5.81. The van der Waals surface area contributed by atoms with Gasteiger partial charge in [0.1, 0.15) is 13.2 Å². The van der Waals surface area contributed by atoms with Gasteiger partial charge in [-0.3, -0.25) is 11.3 Å². The summed E-state index contributed by atoms with van der Waals surface area (Å²) < 4.78 is 11.2. The number of fused-ring (bicyclic) bond motifs is 1. The third-order valence-electron chi connectivity index (χ3n) is 4.03. The first kappa shape index (κ1) is 15.1. The first-order chi connectivity index (χ1) is 9.80. The van der Waals surface area contributed by atoms with Crippen LogP contribution in [0.3, 0.4) is 0 Å². The van der Waals surface area contributed by atoms with E-state index in [0.717, 1.165) is 17.9 Å². The second-order valence-electron chi connectivity index (χ2n) is 5.36. The van der Waals surface area contributed by atoms with Crippen molar-refractivity contribution in [1.29, 1.82) is 0 Å². The number of hydrogen-bond donors (Lipinski definition) is 2. The summed E-state index contributed by atoms with van der Waals surface area (Å²) in [4.78, 5) is 0. The number of nitrogens with two attached hydrogens (primary N) is 1. The number of benzene rings is 1. The van der Waals surface area contributed by atoms with E-state index >= 15 is 0 Å². The minimum atomic E-state index is 0.169. The highest BCUT2D eigenvalue weighted by atomic mass is 16.6. The molecule has 3 N–H and O–H groups in total. The highest BCUT2D eigenvalue weighted by Crippen LogP contribution is 2.36. The average molecular weight is 278 g/mol. The van der Waals surface area contributed by atoms with Crippen molar-refractivity contribution in [1.82, 2.24) is 5.43 Å². The predicted octanol–water partition coefficient (Wildman–Crippen LogP) is 3.18. The minimum Gasteiger partial charge on any atom is -0.486 e. The van der Waals surface area contributed by atoms with Crippen molar-refractivity contribution in [2.75, 3.05) is 13.2 Å². The maximum Gasteiger partial charge on any atom is 0.161 e. The number of rotatable bonds is 7. The zero-order valence-electron chi connectivity index (χ0n) is 12.5. The molecule has 0 saturated carbocycles. The molecular weight excluding hydrogens is 252 g/mol. The smallest absolute Gasteiger partial charge is 0.161 e. The van der Waals surface area contributed by atoms with Gasteiger partial charge in [0.2, 0.25) is 0 Å². The molecule has 0 amide bonds. The van der Waals surface area contributed by atoms with E-state index in [1.807, 2.05) is 6.07 Å². The molecule has 0 saturated heterocycles. The van der Waals surface area contributed by atoms with Gasteiger partial charge in [-0.05, 0) is 30.0 Å². The van der Waals surface area contributed by atoms with E-state index < -0.39 is 0 Å². The number of ether oxygens (including phenoxy) is 2. The minimum absolute atomic E-state index is 0.169. The number of unbranched alkanes of at least 4 members (excludes halogenated alkanes) is 1. The van der Waals surface area contributed by atoms with Gasteiger partial charge in [-0.1, -0.05) is 39.2 Å². The molecule has 0 radical (unpaired) electrons. The van der Waals surface area contributed by atoms with E-state index in [1.165, 1.54) is 24.8 Å². The second kappa shape index (κ2) is 7.50. The molecule has 112 valence electrons. The van der Waals surface area contributed by atoms with E-state index in [-0.39, 0.29) is 6.04 Å². The van der Waals surface area contributed by atoms with Crippen molar-refractivity contribution in [3.63, 3.8) is 0 Å². The third kappa shape index (κ3) is 3.44. The van der Waals surface area contributed by atoms with Crippen molar-refractivity contribution < 1.29 is 9.47 Å². The largest absolute Gasteiger partial charge is 0.486 e. The zero-order chi connectivity index (χ0) is 14.4. The molecule has 0 fully saturated rings. The number of hydrogen-bond acceptors (Lipinski definition) is 4. The van der Waals surface area contributed by atoms with Crippen LogP contribution in [0, 0.1) is 5.92 Å². The Kier molecular flexibility index (Phi) is 5.68. The van der Waals surface area contributed by atoms with Crippen LogP contribution < -0.4 is 20.7 Å². The Hall–Kier alpha value is -1.26. The third-order valence-corrected chi connectivity index (χ3v) is 4.03. The Balaban J connectivity index is 2.17. The molecule has 1 aliphatic rings. The lowest BCUT2D eigenvalue weighted by Gasteiger charge is -2.27. The summed E-state index contributed by atoms with van der Waals surface area (Å²) in [6.45, 7) is 5.69. The molecule has 4 heteroatoms. The van der Waals surface area contributed by atoms with E-state index in [0.29, 0.717) is 19.1 Å². The van der Waals surface area contributed by atoms with Gasteiger partial charge < -0.3 is 9.47 Å². The van der Waals surface area contributed by atoms with E-state index in [2.05, 4.69) is 31.4 Å². The molecule has 1 aromatic carbocycles. The van der Waals surface area contributed by atoms with Crippen molar-refractivity contribution in [2.45, 2.75) is 45.6 Å². The van der Waals surface area contributed by atoms with Crippen LogP contribution in [0.25, 0.3) is 0 Å². The summed E-state index contributed by atoms with van der Waals surface area (Å²) in [5.74, 6) is 8.01. The number of nitrogens with one attached hydrogen (secondary N) is 1. The fourth-order valence-electron chi connectivity index (χ4n) is 2.83. The lowest BCUT2D eigenvalue weighted by molar-refractivity contribution is 0.171. The Bertz CT molecular complexity index is 423. The van der Waals surface area contributed by atoms with Crippen LogP contribution in [0.5, 0.6) is 11.5 Å². The summed E-state index contributed by atoms with van der Waals surface area (Å²) in [7, 11) is 0. The first-order valence-corrected chi connectivity index (χ1v) is 7.65. The van der Waals surface area contributed by atoms with Crippen LogP contribution in [0.4, 0.5) is 0 Å². The SMILES string of the molecule is CCCCC(CC)C(NN)c1ccc2c(c1)OCCO2. The van der Waals surface area contributed by atoms with Crippen LogP contribution in [0.15, 0.2) is 18.2 Å². The lowest BCUT2D eigenvalue weighted by atomic mass is 9.87. The van der Waals surface area contributed by atoms with Crippen LogP contribution in [-0.4, -0.2) is 13.2 Å². The van der Waals surface area contributed by atoms with E-state index in [9.17, 15) is 0 Å². The van der Waals surface area contributed by atoms with Gasteiger partial charge in [-0.2, -0.15) is 0 Å².